The van der Waals surface area contributed by atoms with Crippen LogP contribution >= 0.6 is 11.6 Å². The first-order valence-corrected chi connectivity index (χ1v) is 12.3. The molecule has 1 aliphatic carbocycles. The lowest BCUT2D eigenvalue weighted by molar-refractivity contribution is 0.0788. The van der Waals surface area contributed by atoms with Gasteiger partial charge in [-0.15, -0.1) is 0 Å². The minimum atomic E-state index is -3.00. The van der Waals surface area contributed by atoms with Crippen LogP contribution in [0.5, 0.6) is 5.75 Å². The van der Waals surface area contributed by atoms with E-state index in [2.05, 4.69) is 0 Å². The average molecular weight is 435 g/mol. The van der Waals surface area contributed by atoms with Crippen molar-refractivity contribution < 1.29 is 17.9 Å². The Balaban J connectivity index is 1.67. The van der Waals surface area contributed by atoms with E-state index >= 15 is 0 Å². The van der Waals surface area contributed by atoms with Gasteiger partial charge >= 0.3 is 0 Å². The number of ether oxygens (including phenoxy) is 1. The van der Waals surface area contributed by atoms with Crippen LogP contribution in [0.25, 0.3) is 0 Å². The summed E-state index contributed by atoms with van der Waals surface area (Å²) >= 11 is 6.01. The number of hydrogen-bond acceptors (Lipinski definition) is 4. The molecular formula is C23H27ClO4S. The van der Waals surface area contributed by atoms with Gasteiger partial charge in [-0.25, -0.2) is 8.42 Å². The summed E-state index contributed by atoms with van der Waals surface area (Å²) in [5.41, 5.74) is 1.14. The Hall–Kier alpha value is -1.85. The van der Waals surface area contributed by atoms with Crippen LogP contribution in [0.2, 0.25) is 5.02 Å². The zero-order valence-corrected chi connectivity index (χ0v) is 18.3. The number of rotatable bonds is 10. The summed E-state index contributed by atoms with van der Waals surface area (Å²) in [4.78, 5) is 13.4. The van der Waals surface area contributed by atoms with Crippen LogP contribution in [0.4, 0.5) is 0 Å². The van der Waals surface area contributed by atoms with E-state index in [0.717, 1.165) is 24.8 Å². The van der Waals surface area contributed by atoms with Crippen molar-refractivity contribution in [2.45, 2.75) is 44.4 Å². The number of hydrogen-bond donors (Lipinski definition) is 0. The molecule has 2 aromatic carbocycles. The van der Waals surface area contributed by atoms with Gasteiger partial charge in [-0.05, 0) is 55.5 Å². The Kier molecular flexibility index (Phi) is 7.01. The van der Waals surface area contributed by atoms with Crippen molar-refractivity contribution in [3.63, 3.8) is 0 Å². The molecule has 0 amide bonds. The fourth-order valence-electron chi connectivity index (χ4n) is 3.83. The van der Waals surface area contributed by atoms with Crippen molar-refractivity contribution >= 4 is 27.2 Å². The molecular weight excluding hydrogens is 408 g/mol. The molecule has 0 N–H and O–H groups in total. The van der Waals surface area contributed by atoms with Gasteiger partial charge in [0, 0.05) is 16.3 Å². The fourth-order valence-corrected chi connectivity index (χ4v) is 5.34. The Morgan fingerprint density at radius 1 is 1.10 bits per heavy atom. The molecule has 0 radical (unpaired) electrons. The first-order valence-electron chi connectivity index (χ1n) is 10.1. The molecule has 0 spiro atoms. The van der Waals surface area contributed by atoms with Gasteiger partial charge in [0.25, 0.3) is 0 Å². The summed E-state index contributed by atoms with van der Waals surface area (Å²) in [5.74, 6) is 1.03. The number of Topliss-reactive ketones (excluding diaryl/α,β-unsaturated/α-hetero) is 1. The summed E-state index contributed by atoms with van der Waals surface area (Å²) < 4.78 is 29.3. The lowest BCUT2D eigenvalue weighted by Gasteiger charge is -2.41. The normalized spacial score (nSPS) is 15.5. The van der Waals surface area contributed by atoms with Gasteiger partial charge in [0.2, 0.25) is 0 Å². The molecule has 1 aliphatic rings. The molecule has 0 atom stereocenters. The van der Waals surface area contributed by atoms with Gasteiger partial charge in [-0.2, -0.15) is 0 Å². The van der Waals surface area contributed by atoms with Crippen molar-refractivity contribution in [1.82, 2.24) is 0 Å². The summed E-state index contributed by atoms with van der Waals surface area (Å²) in [6, 6.07) is 14.7. The SMILES string of the molecule is CCCS(=O)(=O)CCCOc1cccc(C(=O)C2(c3ccc(Cl)cc3)CCC2)c1. The van der Waals surface area contributed by atoms with Gasteiger partial charge in [0.15, 0.2) is 5.78 Å². The van der Waals surface area contributed by atoms with Crippen LogP contribution in [-0.2, 0) is 15.3 Å². The highest BCUT2D eigenvalue weighted by Crippen LogP contribution is 2.46. The maximum absolute atomic E-state index is 13.4. The second kappa shape index (κ2) is 9.31. The number of carbonyl (C=O) groups is 1. The van der Waals surface area contributed by atoms with Gasteiger partial charge in [0.1, 0.15) is 15.6 Å². The van der Waals surface area contributed by atoms with E-state index in [0.29, 0.717) is 35.8 Å². The minimum Gasteiger partial charge on any atom is -0.494 e. The second-order valence-corrected chi connectivity index (χ2v) is 10.4. The zero-order valence-electron chi connectivity index (χ0n) is 16.7. The van der Waals surface area contributed by atoms with Gasteiger partial charge in [-0.1, -0.05) is 49.2 Å². The average Bonchev–Trinajstić information content (AvgIpc) is 2.66. The first kappa shape index (κ1) is 21.8. The predicted octanol–water partition coefficient (Wildman–Crippen LogP) is 5.24. The number of carbonyl (C=O) groups excluding carboxylic acids is 1. The number of ketones is 1. The van der Waals surface area contributed by atoms with Gasteiger partial charge < -0.3 is 4.74 Å². The van der Waals surface area contributed by atoms with E-state index in [1.54, 1.807) is 12.1 Å². The summed E-state index contributed by atoms with van der Waals surface area (Å²) in [5, 5.41) is 0.659. The van der Waals surface area contributed by atoms with E-state index in [1.165, 1.54) is 0 Å². The third-order valence-corrected chi connectivity index (χ3v) is 7.71. The first-order chi connectivity index (χ1) is 13.9. The Bertz CT molecular complexity index is 947. The number of sulfone groups is 1. The fraction of sp³-hybridized carbons (Fsp3) is 0.435. The van der Waals surface area contributed by atoms with Crippen LogP contribution in [0, 0.1) is 0 Å². The highest BCUT2D eigenvalue weighted by atomic mass is 35.5. The third-order valence-electron chi connectivity index (χ3n) is 5.52. The van der Waals surface area contributed by atoms with E-state index in [1.807, 2.05) is 43.3 Å². The molecule has 6 heteroatoms. The molecule has 0 aliphatic heterocycles. The van der Waals surface area contributed by atoms with Crippen LogP contribution < -0.4 is 4.74 Å². The Morgan fingerprint density at radius 2 is 1.83 bits per heavy atom. The molecule has 3 rings (SSSR count). The quantitative estimate of drug-likeness (QED) is 0.379. The van der Waals surface area contributed by atoms with E-state index < -0.39 is 15.3 Å². The van der Waals surface area contributed by atoms with Crippen LogP contribution in [-0.4, -0.2) is 32.3 Å². The Labute approximate surface area is 178 Å². The smallest absolute Gasteiger partial charge is 0.173 e. The van der Waals surface area contributed by atoms with Crippen LogP contribution in [0.3, 0.4) is 0 Å². The molecule has 4 nitrogen and oxygen atoms in total. The molecule has 2 aromatic rings. The Morgan fingerprint density at radius 3 is 2.45 bits per heavy atom. The minimum absolute atomic E-state index is 0.0991. The molecule has 1 saturated carbocycles. The van der Waals surface area contributed by atoms with Crippen molar-refractivity contribution in [3.05, 3.63) is 64.7 Å². The van der Waals surface area contributed by atoms with Crippen LogP contribution in [0.15, 0.2) is 48.5 Å². The lowest BCUT2D eigenvalue weighted by Crippen LogP contribution is -2.42. The predicted molar refractivity (Wildman–Crippen MR) is 117 cm³/mol. The largest absolute Gasteiger partial charge is 0.494 e. The van der Waals surface area contributed by atoms with E-state index in [-0.39, 0.29) is 17.3 Å². The molecule has 0 aromatic heterocycles. The standard InChI is InChI=1S/C23H27ClO4S/c1-2-15-29(26,27)16-5-14-28-21-7-3-6-18(17-21)22(25)23(12-4-13-23)19-8-10-20(24)11-9-19/h3,6-11,17H,2,4-5,12-16H2,1H3. The summed E-state index contributed by atoms with van der Waals surface area (Å²) in [6.07, 6.45) is 3.75. The molecule has 0 unspecified atom stereocenters. The summed E-state index contributed by atoms with van der Waals surface area (Å²) in [7, 11) is -3.00. The molecule has 0 bridgehead atoms. The van der Waals surface area contributed by atoms with Crippen molar-refractivity contribution in [2.75, 3.05) is 18.1 Å². The zero-order chi connectivity index (χ0) is 20.9. The molecule has 1 fully saturated rings. The molecule has 156 valence electrons. The van der Waals surface area contributed by atoms with Crippen molar-refractivity contribution in [2.24, 2.45) is 0 Å². The van der Waals surface area contributed by atoms with E-state index in [9.17, 15) is 13.2 Å². The lowest BCUT2D eigenvalue weighted by atomic mass is 9.61. The highest BCUT2D eigenvalue weighted by Gasteiger charge is 2.45. The molecule has 0 heterocycles. The summed E-state index contributed by atoms with van der Waals surface area (Å²) in [6.45, 7) is 2.17. The molecule has 29 heavy (non-hydrogen) atoms. The monoisotopic (exact) mass is 434 g/mol. The van der Waals surface area contributed by atoms with Gasteiger partial charge in [0.05, 0.1) is 17.8 Å². The van der Waals surface area contributed by atoms with Crippen molar-refractivity contribution in [1.29, 1.82) is 0 Å². The third kappa shape index (κ3) is 5.20. The maximum Gasteiger partial charge on any atom is 0.173 e. The van der Waals surface area contributed by atoms with Crippen molar-refractivity contribution in [3.8, 4) is 5.75 Å². The maximum atomic E-state index is 13.4. The van der Waals surface area contributed by atoms with Crippen LogP contribution in [0.1, 0.15) is 54.9 Å². The second-order valence-electron chi connectivity index (χ2n) is 7.65. The topological polar surface area (TPSA) is 60.4 Å². The van der Waals surface area contributed by atoms with Gasteiger partial charge in [-0.3, -0.25) is 4.79 Å². The highest BCUT2D eigenvalue weighted by molar-refractivity contribution is 7.91. The van der Waals surface area contributed by atoms with E-state index in [4.69, 9.17) is 16.3 Å². The molecule has 0 saturated heterocycles. The number of benzene rings is 2. The number of halogens is 1.